The van der Waals surface area contributed by atoms with Gasteiger partial charge in [-0.25, -0.2) is 0 Å². The van der Waals surface area contributed by atoms with Gasteiger partial charge in [0.2, 0.25) is 0 Å². The highest BCUT2D eigenvalue weighted by molar-refractivity contribution is 5.60. The van der Waals surface area contributed by atoms with Crippen molar-refractivity contribution in [2.45, 2.75) is 19.8 Å². The van der Waals surface area contributed by atoms with E-state index in [1.165, 1.54) is 0 Å². The highest BCUT2D eigenvalue weighted by Gasteiger charge is 2.19. The van der Waals surface area contributed by atoms with E-state index >= 15 is 0 Å². The molecule has 0 bridgehead atoms. The van der Waals surface area contributed by atoms with E-state index in [0.29, 0.717) is 11.8 Å². The number of hydrogen-bond donors (Lipinski definition) is 1. The molecule has 100 valence electrons. The predicted octanol–water partition coefficient (Wildman–Crippen LogP) is 2.21. The van der Waals surface area contributed by atoms with Crippen LogP contribution in [0.5, 0.6) is 0 Å². The number of anilines is 1. The Balaban J connectivity index is 1.78. The molecule has 1 atom stereocenters. The molecular formula is C14H17N3O2. The van der Waals surface area contributed by atoms with E-state index in [4.69, 9.17) is 15.0 Å². The third-order valence-electron chi connectivity index (χ3n) is 3.48. The lowest BCUT2D eigenvalue weighted by Crippen LogP contribution is -2.04. The Bertz CT molecular complexity index is 574. The van der Waals surface area contributed by atoms with E-state index in [1.54, 1.807) is 0 Å². The summed E-state index contributed by atoms with van der Waals surface area (Å²) in [7, 11) is 0. The van der Waals surface area contributed by atoms with Crippen LogP contribution in [0.25, 0.3) is 11.5 Å². The summed E-state index contributed by atoms with van der Waals surface area (Å²) in [6.45, 7) is 3.60. The average Bonchev–Trinajstić information content (AvgIpc) is 3.05. The molecule has 0 amide bonds. The highest BCUT2D eigenvalue weighted by atomic mass is 16.5. The fourth-order valence-corrected chi connectivity index (χ4v) is 2.27. The second-order valence-electron chi connectivity index (χ2n) is 5.02. The van der Waals surface area contributed by atoms with Gasteiger partial charge >= 0.3 is 0 Å². The molecule has 5 nitrogen and oxygen atoms in total. The number of rotatable bonds is 3. The van der Waals surface area contributed by atoms with Crippen molar-refractivity contribution in [3.63, 3.8) is 0 Å². The summed E-state index contributed by atoms with van der Waals surface area (Å²) in [5.41, 5.74) is 8.50. The minimum atomic E-state index is 0.513. The zero-order valence-corrected chi connectivity index (χ0v) is 10.9. The molecule has 0 saturated carbocycles. The fraction of sp³-hybridized carbons (Fsp3) is 0.429. The van der Waals surface area contributed by atoms with Gasteiger partial charge in [-0.1, -0.05) is 5.16 Å². The van der Waals surface area contributed by atoms with Gasteiger partial charge in [0.25, 0.3) is 5.89 Å². The summed E-state index contributed by atoms with van der Waals surface area (Å²) < 4.78 is 10.7. The standard InChI is InChI=1S/C14H17N3O2/c1-9-6-11(2-3-12(9)15)14-16-13(17-19-14)7-10-4-5-18-8-10/h2-3,6,10H,4-5,7-8,15H2,1H3. The number of nitrogens with two attached hydrogens (primary N) is 1. The molecule has 1 unspecified atom stereocenters. The van der Waals surface area contributed by atoms with Gasteiger partial charge in [-0.2, -0.15) is 4.98 Å². The molecule has 2 heterocycles. The minimum absolute atomic E-state index is 0.513. The smallest absolute Gasteiger partial charge is 0.257 e. The maximum atomic E-state index is 5.80. The van der Waals surface area contributed by atoms with E-state index in [1.807, 2.05) is 25.1 Å². The Morgan fingerprint density at radius 3 is 3.05 bits per heavy atom. The largest absolute Gasteiger partial charge is 0.399 e. The van der Waals surface area contributed by atoms with Crippen LogP contribution < -0.4 is 5.73 Å². The molecule has 1 aliphatic rings. The van der Waals surface area contributed by atoms with E-state index < -0.39 is 0 Å². The maximum absolute atomic E-state index is 5.80. The zero-order valence-electron chi connectivity index (χ0n) is 10.9. The van der Waals surface area contributed by atoms with Gasteiger partial charge in [0, 0.05) is 30.9 Å². The molecule has 2 N–H and O–H groups in total. The molecular weight excluding hydrogens is 242 g/mol. The quantitative estimate of drug-likeness (QED) is 0.855. The molecule has 3 rings (SSSR count). The maximum Gasteiger partial charge on any atom is 0.257 e. The lowest BCUT2D eigenvalue weighted by molar-refractivity contribution is 0.185. The molecule has 5 heteroatoms. The Hall–Kier alpha value is -1.88. The van der Waals surface area contributed by atoms with Crippen LogP contribution in [-0.4, -0.2) is 23.4 Å². The van der Waals surface area contributed by atoms with Gasteiger partial charge in [-0.3, -0.25) is 0 Å². The first-order valence-corrected chi connectivity index (χ1v) is 6.49. The fourth-order valence-electron chi connectivity index (χ4n) is 2.27. The minimum Gasteiger partial charge on any atom is -0.399 e. The van der Waals surface area contributed by atoms with Crippen LogP contribution in [0.4, 0.5) is 5.69 Å². The topological polar surface area (TPSA) is 74.2 Å². The van der Waals surface area contributed by atoms with Crippen LogP contribution in [0.2, 0.25) is 0 Å². The first-order chi connectivity index (χ1) is 9.22. The number of hydrogen-bond acceptors (Lipinski definition) is 5. The van der Waals surface area contributed by atoms with Crippen molar-refractivity contribution in [1.29, 1.82) is 0 Å². The van der Waals surface area contributed by atoms with Crippen molar-refractivity contribution in [1.82, 2.24) is 10.1 Å². The van der Waals surface area contributed by atoms with E-state index in [9.17, 15) is 0 Å². The lowest BCUT2D eigenvalue weighted by Gasteiger charge is -2.01. The number of nitrogens with zero attached hydrogens (tertiary/aromatic N) is 2. The van der Waals surface area contributed by atoms with Crippen molar-refractivity contribution in [2.24, 2.45) is 5.92 Å². The van der Waals surface area contributed by atoms with Crippen molar-refractivity contribution in [3.05, 3.63) is 29.6 Å². The number of aryl methyl sites for hydroxylation is 1. The normalized spacial score (nSPS) is 18.9. The summed E-state index contributed by atoms with van der Waals surface area (Å²) in [5, 5.41) is 4.04. The van der Waals surface area contributed by atoms with Crippen LogP contribution in [0, 0.1) is 12.8 Å². The third kappa shape index (κ3) is 2.61. The SMILES string of the molecule is Cc1cc(-c2nc(CC3CCOC3)no2)ccc1N. The lowest BCUT2D eigenvalue weighted by atomic mass is 10.1. The third-order valence-corrected chi connectivity index (χ3v) is 3.48. The second-order valence-corrected chi connectivity index (χ2v) is 5.02. The first-order valence-electron chi connectivity index (χ1n) is 6.49. The molecule has 0 radical (unpaired) electrons. The number of benzene rings is 1. The molecule has 2 aromatic rings. The van der Waals surface area contributed by atoms with Crippen molar-refractivity contribution in [2.75, 3.05) is 18.9 Å². The van der Waals surface area contributed by atoms with Crippen LogP contribution in [0.1, 0.15) is 17.8 Å². The average molecular weight is 259 g/mol. The van der Waals surface area contributed by atoms with Crippen LogP contribution in [0.15, 0.2) is 22.7 Å². The van der Waals surface area contributed by atoms with Crippen molar-refractivity contribution in [3.8, 4) is 11.5 Å². The summed E-state index contributed by atoms with van der Waals surface area (Å²) in [6, 6.07) is 5.73. The van der Waals surface area contributed by atoms with Crippen LogP contribution >= 0.6 is 0 Å². The zero-order chi connectivity index (χ0) is 13.2. The number of nitrogen functional groups attached to an aromatic ring is 1. The molecule has 0 aliphatic carbocycles. The van der Waals surface area contributed by atoms with Crippen molar-refractivity contribution < 1.29 is 9.26 Å². The Morgan fingerprint density at radius 1 is 1.42 bits per heavy atom. The first kappa shape index (κ1) is 12.2. The van der Waals surface area contributed by atoms with E-state index in [2.05, 4.69) is 10.1 Å². The highest BCUT2D eigenvalue weighted by Crippen LogP contribution is 2.23. The van der Waals surface area contributed by atoms with Gasteiger partial charge in [0.05, 0.1) is 0 Å². The Morgan fingerprint density at radius 2 is 2.32 bits per heavy atom. The number of aromatic nitrogens is 2. The molecule has 0 spiro atoms. The van der Waals surface area contributed by atoms with Crippen LogP contribution in [-0.2, 0) is 11.2 Å². The van der Waals surface area contributed by atoms with Crippen molar-refractivity contribution >= 4 is 5.69 Å². The number of ether oxygens (including phenoxy) is 1. The monoisotopic (exact) mass is 259 g/mol. The molecule has 19 heavy (non-hydrogen) atoms. The predicted molar refractivity (Wildman–Crippen MR) is 71.5 cm³/mol. The molecule has 1 aromatic heterocycles. The van der Waals surface area contributed by atoms with Gasteiger partial charge < -0.3 is 15.0 Å². The van der Waals surface area contributed by atoms with Gasteiger partial charge in [-0.15, -0.1) is 0 Å². The Labute approximate surface area is 111 Å². The molecule has 1 aromatic carbocycles. The summed E-state index contributed by atoms with van der Waals surface area (Å²) in [5.74, 6) is 1.82. The summed E-state index contributed by atoms with van der Waals surface area (Å²) >= 11 is 0. The van der Waals surface area contributed by atoms with Gasteiger partial charge in [0.1, 0.15) is 0 Å². The Kier molecular flexibility index (Phi) is 3.21. The summed E-state index contributed by atoms with van der Waals surface area (Å²) in [6.07, 6.45) is 1.89. The second kappa shape index (κ2) is 5.01. The van der Waals surface area contributed by atoms with E-state index in [0.717, 1.165) is 48.7 Å². The molecule has 1 fully saturated rings. The van der Waals surface area contributed by atoms with Crippen LogP contribution in [0.3, 0.4) is 0 Å². The van der Waals surface area contributed by atoms with Gasteiger partial charge in [0.15, 0.2) is 5.82 Å². The molecule has 1 aliphatic heterocycles. The summed E-state index contributed by atoms with van der Waals surface area (Å²) in [4.78, 5) is 4.44. The van der Waals surface area contributed by atoms with Gasteiger partial charge in [-0.05, 0) is 43.0 Å². The van der Waals surface area contributed by atoms with E-state index in [-0.39, 0.29) is 0 Å². The molecule has 1 saturated heterocycles.